The summed E-state index contributed by atoms with van der Waals surface area (Å²) in [6.07, 6.45) is -2.54. The molecule has 0 aromatic heterocycles. The number of nitrogens with one attached hydrogen (secondary N) is 1. The third-order valence-electron chi connectivity index (χ3n) is 3.01. The molecule has 7 nitrogen and oxygen atoms in total. The van der Waals surface area contributed by atoms with Gasteiger partial charge in [0.25, 0.3) is 0 Å². The number of carbonyl (C=O) groups excluding carboxylic acids is 1. The van der Waals surface area contributed by atoms with Gasteiger partial charge in [-0.15, -0.1) is 0 Å². The van der Waals surface area contributed by atoms with Crippen LogP contribution in [0.5, 0.6) is 11.5 Å². The summed E-state index contributed by atoms with van der Waals surface area (Å²) < 4.78 is 10.4. The largest absolute Gasteiger partial charge is 0.496 e. The average molecular weight is 299 g/mol. The van der Waals surface area contributed by atoms with Gasteiger partial charge < -0.3 is 30.1 Å². The van der Waals surface area contributed by atoms with Gasteiger partial charge in [0, 0.05) is 13.5 Å². The third kappa shape index (κ3) is 4.32. The van der Waals surface area contributed by atoms with E-state index in [0.717, 1.165) is 0 Å². The van der Waals surface area contributed by atoms with E-state index in [-0.39, 0.29) is 36.1 Å². The lowest BCUT2D eigenvalue weighted by atomic mass is 9.99. The number of methoxy groups -OCH3 is 2. The summed E-state index contributed by atoms with van der Waals surface area (Å²) in [4.78, 5) is 10.9. The van der Waals surface area contributed by atoms with Crippen molar-refractivity contribution >= 4 is 5.91 Å². The van der Waals surface area contributed by atoms with Gasteiger partial charge in [0.2, 0.25) is 5.91 Å². The molecule has 0 aliphatic carbocycles. The number of carbonyl (C=O) groups is 1. The number of rotatable bonds is 7. The minimum atomic E-state index is -1.31. The van der Waals surface area contributed by atoms with E-state index in [1.54, 1.807) is 12.1 Å². The van der Waals surface area contributed by atoms with E-state index in [1.165, 1.54) is 21.1 Å². The van der Waals surface area contributed by atoms with Crippen LogP contribution in [0.2, 0.25) is 0 Å². The summed E-state index contributed by atoms with van der Waals surface area (Å²) in [5.74, 6) is 0.261. The summed E-state index contributed by atoms with van der Waals surface area (Å²) in [5.41, 5.74) is 0.811. The maximum absolute atomic E-state index is 10.9. The van der Waals surface area contributed by atoms with E-state index < -0.39 is 12.2 Å². The first-order valence-electron chi connectivity index (χ1n) is 6.40. The van der Waals surface area contributed by atoms with Crippen molar-refractivity contribution in [1.29, 1.82) is 0 Å². The second-order valence-corrected chi connectivity index (χ2v) is 4.52. The molecule has 118 valence electrons. The van der Waals surface area contributed by atoms with Crippen LogP contribution >= 0.6 is 0 Å². The van der Waals surface area contributed by atoms with E-state index in [9.17, 15) is 20.1 Å². The Bertz CT molecular complexity index is 465. The van der Waals surface area contributed by atoms with Crippen molar-refractivity contribution in [2.24, 2.45) is 0 Å². The highest BCUT2D eigenvalue weighted by Crippen LogP contribution is 2.37. The smallest absolute Gasteiger partial charge is 0.216 e. The van der Waals surface area contributed by atoms with Crippen LogP contribution in [0.1, 0.15) is 24.2 Å². The monoisotopic (exact) mass is 299 g/mol. The van der Waals surface area contributed by atoms with Crippen molar-refractivity contribution < 1.29 is 29.6 Å². The topological polar surface area (TPSA) is 108 Å². The number of hydrogen-bond acceptors (Lipinski definition) is 6. The number of hydrogen-bond donors (Lipinski definition) is 4. The maximum atomic E-state index is 10.9. The molecular formula is C14H21NO6. The number of ether oxygens (including phenoxy) is 2. The summed E-state index contributed by atoms with van der Waals surface area (Å²) >= 11 is 0. The number of amides is 1. The molecule has 0 saturated carbocycles. The molecule has 0 radical (unpaired) electrons. The van der Waals surface area contributed by atoms with E-state index in [0.29, 0.717) is 5.56 Å². The molecule has 0 bridgehead atoms. The molecule has 0 fully saturated rings. The van der Waals surface area contributed by atoms with Gasteiger partial charge in [-0.2, -0.15) is 0 Å². The van der Waals surface area contributed by atoms with Crippen molar-refractivity contribution in [3.8, 4) is 11.5 Å². The Labute approximate surface area is 123 Å². The molecule has 1 amide bonds. The zero-order chi connectivity index (χ0) is 16.0. The first kappa shape index (κ1) is 17.2. The van der Waals surface area contributed by atoms with Gasteiger partial charge in [-0.3, -0.25) is 4.79 Å². The lowest BCUT2D eigenvalue weighted by molar-refractivity contribution is -0.119. The Morgan fingerprint density at radius 1 is 1.24 bits per heavy atom. The van der Waals surface area contributed by atoms with Crippen LogP contribution < -0.4 is 14.8 Å². The SMILES string of the molecule is COc1cc(CO)cc(OC)c1C(O)C(O)CNC(C)=O. The quantitative estimate of drug-likeness (QED) is 0.552. The molecule has 1 aromatic carbocycles. The van der Waals surface area contributed by atoms with E-state index in [1.807, 2.05) is 0 Å². The highest BCUT2D eigenvalue weighted by molar-refractivity contribution is 5.72. The number of benzene rings is 1. The minimum Gasteiger partial charge on any atom is -0.496 e. The fourth-order valence-electron chi connectivity index (χ4n) is 1.93. The Balaban J connectivity index is 3.11. The number of aliphatic hydroxyl groups excluding tert-OH is 3. The van der Waals surface area contributed by atoms with Crippen LogP contribution in [0.3, 0.4) is 0 Å². The summed E-state index contributed by atoms with van der Waals surface area (Å²) in [7, 11) is 2.82. The third-order valence-corrected chi connectivity index (χ3v) is 3.01. The van der Waals surface area contributed by atoms with E-state index >= 15 is 0 Å². The van der Waals surface area contributed by atoms with E-state index in [2.05, 4.69) is 5.32 Å². The van der Waals surface area contributed by atoms with Crippen LogP contribution in [-0.4, -0.2) is 48.1 Å². The van der Waals surface area contributed by atoms with Crippen molar-refractivity contribution in [2.45, 2.75) is 25.7 Å². The zero-order valence-corrected chi connectivity index (χ0v) is 12.3. The van der Waals surface area contributed by atoms with Crippen molar-refractivity contribution in [2.75, 3.05) is 20.8 Å². The molecule has 0 saturated heterocycles. The Morgan fingerprint density at radius 3 is 2.14 bits per heavy atom. The van der Waals surface area contributed by atoms with Gasteiger partial charge in [-0.05, 0) is 17.7 Å². The minimum absolute atomic E-state index is 0.107. The molecule has 0 aliphatic heterocycles. The Hall–Kier alpha value is -1.83. The first-order valence-corrected chi connectivity index (χ1v) is 6.40. The van der Waals surface area contributed by atoms with Crippen molar-refractivity contribution in [3.05, 3.63) is 23.3 Å². The van der Waals surface area contributed by atoms with Crippen LogP contribution in [0.15, 0.2) is 12.1 Å². The lowest BCUT2D eigenvalue weighted by Gasteiger charge is -2.23. The second kappa shape index (κ2) is 7.82. The predicted molar refractivity (Wildman–Crippen MR) is 75.1 cm³/mol. The predicted octanol–water partition coefficient (Wildman–Crippen LogP) is -0.274. The van der Waals surface area contributed by atoms with Crippen molar-refractivity contribution in [3.63, 3.8) is 0 Å². The molecule has 7 heteroatoms. The standard InChI is InChI=1S/C14H21NO6/c1-8(17)15-6-10(18)14(19)13-11(20-2)4-9(7-16)5-12(13)21-3/h4-5,10,14,16,18-19H,6-7H2,1-3H3,(H,15,17). The van der Waals surface area contributed by atoms with Gasteiger partial charge in [-0.25, -0.2) is 0 Å². The molecule has 1 rings (SSSR count). The molecular weight excluding hydrogens is 278 g/mol. The molecule has 2 atom stereocenters. The average Bonchev–Trinajstić information content (AvgIpc) is 2.50. The molecule has 1 aromatic rings. The van der Waals surface area contributed by atoms with Gasteiger partial charge in [0.15, 0.2) is 0 Å². The summed E-state index contributed by atoms with van der Waals surface area (Å²) in [5, 5.41) is 31.8. The maximum Gasteiger partial charge on any atom is 0.216 e. The summed E-state index contributed by atoms with van der Waals surface area (Å²) in [6, 6.07) is 3.10. The molecule has 21 heavy (non-hydrogen) atoms. The second-order valence-electron chi connectivity index (χ2n) is 4.52. The molecule has 2 unspecified atom stereocenters. The molecule has 4 N–H and O–H groups in total. The van der Waals surface area contributed by atoms with Gasteiger partial charge in [0.05, 0.1) is 26.4 Å². The van der Waals surface area contributed by atoms with E-state index in [4.69, 9.17) is 9.47 Å². The Kier molecular flexibility index (Phi) is 6.41. The van der Waals surface area contributed by atoms with Crippen LogP contribution in [0.4, 0.5) is 0 Å². The molecule has 0 heterocycles. The fourth-order valence-corrected chi connectivity index (χ4v) is 1.93. The lowest BCUT2D eigenvalue weighted by Crippen LogP contribution is -2.34. The van der Waals surface area contributed by atoms with Gasteiger partial charge >= 0.3 is 0 Å². The highest BCUT2D eigenvalue weighted by Gasteiger charge is 2.26. The van der Waals surface area contributed by atoms with Gasteiger partial charge in [0.1, 0.15) is 23.7 Å². The highest BCUT2D eigenvalue weighted by atomic mass is 16.5. The zero-order valence-electron chi connectivity index (χ0n) is 12.3. The Morgan fingerprint density at radius 2 is 1.76 bits per heavy atom. The van der Waals surface area contributed by atoms with Gasteiger partial charge in [-0.1, -0.05) is 0 Å². The fraction of sp³-hybridized carbons (Fsp3) is 0.500. The molecule has 0 spiro atoms. The summed E-state index contributed by atoms with van der Waals surface area (Å²) in [6.45, 7) is 0.998. The van der Waals surface area contributed by atoms with Crippen LogP contribution in [0.25, 0.3) is 0 Å². The first-order chi connectivity index (χ1) is 9.94. The molecule has 0 aliphatic rings. The van der Waals surface area contributed by atoms with Crippen LogP contribution in [-0.2, 0) is 11.4 Å². The van der Waals surface area contributed by atoms with Crippen LogP contribution in [0, 0.1) is 0 Å². The normalized spacial score (nSPS) is 13.4. The number of aliphatic hydroxyl groups is 3. The van der Waals surface area contributed by atoms with Crippen molar-refractivity contribution in [1.82, 2.24) is 5.32 Å².